The topological polar surface area (TPSA) is 78.4 Å². The van der Waals surface area contributed by atoms with Crippen LogP contribution in [0.2, 0.25) is 0 Å². The summed E-state index contributed by atoms with van der Waals surface area (Å²) in [4.78, 5) is 37.6. The quantitative estimate of drug-likeness (QED) is 0.806. The third-order valence-electron chi connectivity index (χ3n) is 6.47. The zero-order valence-corrected chi connectivity index (χ0v) is 16.6. The standard InChI is InChI=1S/C22H25N5O2/c1-23-22-24-12-18-19(25-22)21(29)27(20(18)28)13-14-5-6-15-7-9-26(17-3-2-4-17)10-8-16(15)11-14/h5-6,11-12,17H,2-4,7-10,13H2,1H3,(H,23,24,25). The highest BCUT2D eigenvalue weighted by atomic mass is 16.2. The summed E-state index contributed by atoms with van der Waals surface area (Å²) in [7, 11) is 1.68. The summed E-state index contributed by atoms with van der Waals surface area (Å²) in [6, 6.07) is 7.16. The smallest absolute Gasteiger partial charge is 0.280 e. The molecule has 1 saturated carbocycles. The van der Waals surface area contributed by atoms with E-state index >= 15 is 0 Å². The second-order valence-corrected chi connectivity index (χ2v) is 8.13. The molecule has 3 heterocycles. The van der Waals surface area contributed by atoms with E-state index in [2.05, 4.69) is 32.3 Å². The van der Waals surface area contributed by atoms with Crippen molar-refractivity contribution in [2.24, 2.45) is 0 Å². The molecule has 0 unspecified atom stereocenters. The minimum Gasteiger partial charge on any atom is -0.357 e. The Bertz CT molecular complexity index is 985. The number of carbonyl (C=O) groups is 2. The number of nitrogens with one attached hydrogen (secondary N) is 1. The molecule has 7 heteroatoms. The molecule has 2 aliphatic heterocycles. The summed E-state index contributed by atoms with van der Waals surface area (Å²) >= 11 is 0. The van der Waals surface area contributed by atoms with E-state index in [1.807, 2.05) is 6.07 Å². The van der Waals surface area contributed by atoms with Crippen molar-refractivity contribution in [1.82, 2.24) is 19.8 Å². The van der Waals surface area contributed by atoms with Crippen LogP contribution in [-0.4, -0.2) is 57.8 Å². The largest absolute Gasteiger partial charge is 0.357 e. The maximum absolute atomic E-state index is 12.8. The van der Waals surface area contributed by atoms with Gasteiger partial charge in [-0.05, 0) is 42.4 Å². The fraction of sp³-hybridized carbons (Fsp3) is 0.455. The van der Waals surface area contributed by atoms with E-state index in [1.165, 1.54) is 41.5 Å². The number of hydrogen-bond acceptors (Lipinski definition) is 6. The number of rotatable bonds is 4. The SMILES string of the molecule is CNc1ncc2c(n1)C(=O)N(Cc1ccc3c(c1)CCN(C1CCC1)CC3)C2=O. The summed E-state index contributed by atoms with van der Waals surface area (Å²) in [5.74, 6) is -0.332. The fourth-order valence-electron chi connectivity index (χ4n) is 4.52. The number of carbonyl (C=O) groups excluding carboxylic acids is 2. The zero-order valence-electron chi connectivity index (χ0n) is 16.6. The van der Waals surface area contributed by atoms with Gasteiger partial charge < -0.3 is 5.32 Å². The van der Waals surface area contributed by atoms with Crippen molar-refractivity contribution in [1.29, 1.82) is 0 Å². The Morgan fingerprint density at radius 3 is 2.62 bits per heavy atom. The van der Waals surface area contributed by atoms with E-state index in [-0.39, 0.29) is 29.6 Å². The second-order valence-electron chi connectivity index (χ2n) is 8.13. The number of benzene rings is 1. The third-order valence-corrected chi connectivity index (χ3v) is 6.47. The summed E-state index contributed by atoms with van der Waals surface area (Å²) in [6.07, 6.45) is 7.55. The van der Waals surface area contributed by atoms with E-state index < -0.39 is 0 Å². The van der Waals surface area contributed by atoms with Crippen molar-refractivity contribution in [3.8, 4) is 0 Å². The number of imide groups is 1. The summed E-state index contributed by atoms with van der Waals surface area (Å²) in [5, 5.41) is 2.81. The minimum absolute atomic E-state index is 0.181. The number of anilines is 1. The lowest BCUT2D eigenvalue weighted by atomic mass is 9.91. The number of aromatic nitrogens is 2. The Kier molecular flexibility index (Phi) is 4.54. The maximum atomic E-state index is 12.8. The molecule has 1 aromatic carbocycles. The van der Waals surface area contributed by atoms with Gasteiger partial charge in [-0.1, -0.05) is 24.6 Å². The van der Waals surface area contributed by atoms with Gasteiger partial charge in [0.25, 0.3) is 11.8 Å². The van der Waals surface area contributed by atoms with Crippen molar-refractivity contribution in [3.63, 3.8) is 0 Å². The average molecular weight is 391 g/mol. The molecule has 1 aliphatic carbocycles. The third kappa shape index (κ3) is 3.19. The van der Waals surface area contributed by atoms with Gasteiger partial charge in [0.1, 0.15) is 5.69 Å². The van der Waals surface area contributed by atoms with Gasteiger partial charge in [-0.2, -0.15) is 0 Å². The lowest BCUT2D eigenvalue weighted by molar-refractivity contribution is 0.0640. The number of fused-ring (bicyclic) bond motifs is 2. The van der Waals surface area contributed by atoms with Gasteiger partial charge in [-0.15, -0.1) is 0 Å². The van der Waals surface area contributed by atoms with Crippen molar-refractivity contribution >= 4 is 17.8 Å². The lowest BCUT2D eigenvalue weighted by Crippen LogP contribution is -2.41. The molecule has 5 rings (SSSR count). The van der Waals surface area contributed by atoms with Crippen molar-refractivity contribution < 1.29 is 9.59 Å². The molecule has 150 valence electrons. The van der Waals surface area contributed by atoms with Crippen LogP contribution in [0.1, 0.15) is 56.8 Å². The fourth-order valence-corrected chi connectivity index (χ4v) is 4.52. The van der Waals surface area contributed by atoms with Crippen LogP contribution >= 0.6 is 0 Å². The average Bonchev–Trinajstić information content (AvgIpc) is 2.84. The summed E-state index contributed by atoms with van der Waals surface area (Å²) in [6.45, 7) is 2.49. The molecule has 2 aromatic rings. The summed E-state index contributed by atoms with van der Waals surface area (Å²) in [5.41, 5.74) is 4.18. The van der Waals surface area contributed by atoms with Crippen molar-refractivity contribution in [3.05, 3.63) is 52.3 Å². The van der Waals surface area contributed by atoms with Gasteiger partial charge in [-0.25, -0.2) is 9.97 Å². The van der Waals surface area contributed by atoms with Crippen LogP contribution in [0.15, 0.2) is 24.4 Å². The predicted molar refractivity (Wildman–Crippen MR) is 109 cm³/mol. The van der Waals surface area contributed by atoms with Crippen LogP contribution in [0.25, 0.3) is 0 Å². The van der Waals surface area contributed by atoms with Gasteiger partial charge in [0.2, 0.25) is 5.95 Å². The normalized spacial score (nSPS) is 19.6. The van der Waals surface area contributed by atoms with Crippen LogP contribution in [0.5, 0.6) is 0 Å². The van der Waals surface area contributed by atoms with Crippen LogP contribution in [0.4, 0.5) is 5.95 Å². The molecule has 1 N–H and O–H groups in total. The van der Waals surface area contributed by atoms with E-state index in [0.717, 1.165) is 37.5 Å². The Morgan fingerprint density at radius 2 is 1.90 bits per heavy atom. The first-order valence-electron chi connectivity index (χ1n) is 10.4. The molecular weight excluding hydrogens is 366 g/mol. The van der Waals surface area contributed by atoms with E-state index in [1.54, 1.807) is 7.05 Å². The molecular formula is C22H25N5O2. The summed E-state index contributed by atoms with van der Waals surface area (Å²) < 4.78 is 0. The molecule has 0 saturated heterocycles. The Balaban J connectivity index is 1.34. The van der Waals surface area contributed by atoms with Gasteiger partial charge in [0, 0.05) is 32.4 Å². The van der Waals surface area contributed by atoms with Crippen LogP contribution in [0.3, 0.4) is 0 Å². The molecule has 0 spiro atoms. The van der Waals surface area contributed by atoms with Crippen molar-refractivity contribution in [2.45, 2.75) is 44.7 Å². The number of hydrogen-bond donors (Lipinski definition) is 1. The molecule has 1 fully saturated rings. The predicted octanol–water partition coefficient (Wildman–Crippen LogP) is 2.27. The second kappa shape index (κ2) is 7.22. The molecule has 29 heavy (non-hydrogen) atoms. The van der Waals surface area contributed by atoms with Crippen LogP contribution in [-0.2, 0) is 19.4 Å². The van der Waals surface area contributed by atoms with Crippen molar-refractivity contribution in [2.75, 3.05) is 25.5 Å². The molecule has 3 aliphatic rings. The number of amides is 2. The minimum atomic E-state index is -0.352. The van der Waals surface area contributed by atoms with Crippen LogP contribution < -0.4 is 5.32 Å². The molecule has 0 atom stereocenters. The van der Waals surface area contributed by atoms with Gasteiger partial charge in [-0.3, -0.25) is 19.4 Å². The number of nitrogens with zero attached hydrogens (tertiary/aromatic N) is 4. The Morgan fingerprint density at radius 1 is 1.10 bits per heavy atom. The van der Waals surface area contributed by atoms with E-state index in [9.17, 15) is 9.59 Å². The first-order valence-corrected chi connectivity index (χ1v) is 10.4. The Labute approximate surface area is 170 Å². The zero-order chi connectivity index (χ0) is 20.0. The highest BCUT2D eigenvalue weighted by Gasteiger charge is 2.37. The highest BCUT2D eigenvalue weighted by Crippen LogP contribution is 2.28. The maximum Gasteiger partial charge on any atom is 0.280 e. The first-order chi connectivity index (χ1) is 14.1. The lowest BCUT2D eigenvalue weighted by Gasteiger charge is -2.36. The molecule has 2 amide bonds. The monoisotopic (exact) mass is 391 g/mol. The highest BCUT2D eigenvalue weighted by molar-refractivity contribution is 6.20. The molecule has 0 radical (unpaired) electrons. The van der Waals surface area contributed by atoms with E-state index in [0.29, 0.717) is 5.95 Å². The van der Waals surface area contributed by atoms with Gasteiger partial charge >= 0.3 is 0 Å². The van der Waals surface area contributed by atoms with Crippen LogP contribution in [0, 0.1) is 0 Å². The van der Waals surface area contributed by atoms with Gasteiger partial charge in [0.15, 0.2) is 0 Å². The molecule has 1 aromatic heterocycles. The molecule has 7 nitrogen and oxygen atoms in total. The Hall–Kier alpha value is -2.80. The van der Waals surface area contributed by atoms with E-state index in [4.69, 9.17) is 0 Å². The van der Waals surface area contributed by atoms with Gasteiger partial charge in [0.05, 0.1) is 12.1 Å². The molecule has 0 bridgehead atoms. The first kappa shape index (κ1) is 18.2.